The second-order valence-corrected chi connectivity index (χ2v) is 9.42. The van der Waals surface area contributed by atoms with E-state index in [9.17, 15) is 9.59 Å². The van der Waals surface area contributed by atoms with Crippen LogP contribution in [-0.2, 0) is 9.59 Å². The first kappa shape index (κ1) is 21.3. The van der Waals surface area contributed by atoms with Crippen LogP contribution in [0.15, 0.2) is 82.8 Å². The molecule has 0 unspecified atom stereocenters. The maximum absolute atomic E-state index is 13.5. The molecule has 3 aromatic rings. The highest BCUT2D eigenvalue weighted by molar-refractivity contribution is 7.10. The van der Waals surface area contributed by atoms with Crippen molar-refractivity contribution in [2.24, 2.45) is 0 Å². The van der Waals surface area contributed by atoms with E-state index in [-0.39, 0.29) is 17.6 Å². The van der Waals surface area contributed by atoms with Crippen molar-refractivity contribution in [2.75, 3.05) is 5.32 Å². The van der Waals surface area contributed by atoms with E-state index in [0.29, 0.717) is 23.4 Å². The van der Waals surface area contributed by atoms with Crippen LogP contribution in [0.2, 0.25) is 0 Å². The number of aromatic nitrogens is 2. The number of nitrogens with zero attached hydrogens (tertiary/aromatic N) is 2. The molecule has 2 N–H and O–H groups in total. The van der Waals surface area contributed by atoms with Crippen molar-refractivity contribution in [3.63, 3.8) is 0 Å². The van der Waals surface area contributed by atoms with E-state index >= 15 is 0 Å². The first-order valence-corrected chi connectivity index (χ1v) is 11.8. The molecule has 6 nitrogen and oxygen atoms in total. The monoisotopic (exact) mass is 456 g/mol. The van der Waals surface area contributed by atoms with E-state index in [2.05, 4.69) is 26.7 Å². The summed E-state index contributed by atoms with van der Waals surface area (Å²) in [6, 6.07) is 13.4. The van der Waals surface area contributed by atoms with Gasteiger partial charge in [-0.05, 0) is 55.5 Å². The van der Waals surface area contributed by atoms with Gasteiger partial charge in [-0.25, -0.2) is 4.98 Å². The zero-order chi connectivity index (χ0) is 22.9. The van der Waals surface area contributed by atoms with Crippen molar-refractivity contribution in [1.29, 1.82) is 0 Å². The molecule has 0 aromatic carbocycles. The molecule has 166 valence electrons. The normalized spacial score (nSPS) is 20.4. The number of pyridine rings is 2. The van der Waals surface area contributed by atoms with Gasteiger partial charge in [-0.2, -0.15) is 0 Å². The lowest BCUT2D eigenvalue weighted by Gasteiger charge is -2.36. The lowest BCUT2D eigenvalue weighted by Crippen LogP contribution is -2.37. The average molecular weight is 457 g/mol. The number of rotatable bonds is 4. The van der Waals surface area contributed by atoms with E-state index in [0.717, 1.165) is 29.1 Å². The molecule has 2 atom stereocenters. The molecule has 0 saturated heterocycles. The van der Waals surface area contributed by atoms with Crippen molar-refractivity contribution in [2.45, 2.75) is 38.5 Å². The van der Waals surface area contributed by atoms with Gasteiger partial charge in [0.2, 0.25) is 0 Å². The van der Waals surface area contributed by atoms with Crippen LogP contribution >= 0.6 is 11.3 Å². The Balaban J connectivity index is 1.55. The molecule has 1 aliphatic carbocycles. The van der Waals surface area contributed by atoms with Crippen LogP contribution in [0, 0.1) is 6.92 Å². The van der Waals surface area contributed by atoms with Crippen LogP contribution in [0.25, 0.3) is 0 Å². The van der Waals surface area contributed by atoms with Gasteiger partial charge in [0.1, 0.15) is 5.82 Å². The molecular weight excluding hydrogens is 432 g/mol. The summed E-state index contributed by atoms with van der Waals surface area (Å²) in [5, 5.41) is 8.38. The van der Waals surface area contributed by atoms with Crippen LogP contribution in [-0.4, -0.2) is 21.7 Å². The zero-order valence-corrected chi connectivity index (χ0v) is 19.3. The number of carbonyl (C=O) groups excluding carboxylic acids is 2. The Labute approximate surface area is 196 Å². The maximum Gasteiger partial charge on any atom is 0.255 e. The highest BCUT2D eigenvalue weighted by atomic mass is 32.1. The van der Waals surface area contributed by atoms with Gasteiger partial charge in [0.15, 0.2) is 5.78 Å². The molecule has 0 saturated carbocycles. The van der Waals surface area contributed by atoms with E-state index in [1.807, 2.05) is 49.6 Å². The highest BCUT2D eigenvalue weighted by Crippen LogP contribution is 2.46. The number of amides is 1. The van der Waals surface area contributed by atoms with Crippen LogP contribution in [0.5, 0.6) is 0 Å². The topological polar surface area (TPSA) is 84.0 Å². The molecule has 0 bridgehead atoms. The number of aryl methyl sites for hydroxylation is 1. The quantitative estimate of drug-likeness (QED) is 0.587. The molecule has 4 heterocycles. The van der Waals surface area contributed by atoms with Crippen LogP contribution in [0.4, 0.5) is 5.82 Å². The first-order valence-electron chi connectivity index (χ1n) is 10.9. The number of Topliss-reactive ketones (excluding diaryl/α,β-unsaturated/α-hetero) is 1. The number of dihydropyridines is 1. The predicted octanol–water partition coefficient (Wildman–Crippen LogP) is 4.85. The van der Waals surface area contributed by atoms with E-state index in [1.165, 1.54) is 4.88 Å². The minimum atomic E-state index is -0.475. The molecule has 0 radical (unpaired) electrons. The highest BCUT2D eigenvalue weighted by Gasteiger charge is 2.41. The summed E-state index contributed by atoms with van der Waals surface area (Å²) >= 11 is 1.68. The lowest BCUT2D eigenvalue weighted by molar-refractivity contribution is -0.116. The Bertz CT molecular complexity index is 1280. The van der Waals surface area contributed by atoms with Crippen molar-refractivity contribution in [3.05, 3.63) is 98.9 Å². The zero-order valence-electron chi connectivity index (χ0n) is 18.5. The number of anilines is 1. The number of ketones is 1. The fourth-order valence-electron chi connectivity index (χ4n) is 4.74. The average Bonchev–Trinajstić information content (AvgIpc) is 3.33. The van der Waals surface area contributed by atoms with Crippen molar-refractivity contribution in [3.8, 4) is 0 Å². The SMILES string of the molecule is CC1=C(C(=O)Nc2cccc(C)n2)[C@@H](c2cccnc2)C2=C(C[C@@H](c3cccs3)CC2=O)N1. The molecule has 7 heteroatoms. The summed E-state index contributed by atoms with van der Waals surface area (Å²) in [7, 11) is 0. The first-order chi connectivity index (χ1) is 16.0. The number of carbonyl (C=O) groups is 2. The molecule has 0 fully saturated rings. The largest absolute Gasteiger partial charge is 0.362 e. The van der Waals surface area contributed by atoms with Gasteiger partial charge in [0.05, 0.1) is 0 Å². The third-order valence-corrected chi connectivity index (χ3v) is 7.20. The minimum absolute atomic E-state index is 0.0717. The summed E-state index contributed by atoms with van der Waals surface area (Å²) in [4.78, 5) is 36.9. The summed E-state index contributed by atoms with van der Waals surface area (Å²) < 4.78 is 0. The third kappa shape index (κ3) is 4.12. The van der Waals surface area contributed by atoms with E-state index < -0.39 is 5.92 Å². The van der Waals surface area contributed by atoms with E-state index in [1.54, 1.807) is 29.8 Å². The second-order valence-electron chi connectivity index (χ2n) is 8.44. The van der Waals surface area contributed by atoms with Gasteiger partial charge in [0.25, 0.3) is 5.91 Å². The number of allylic oxidation sites excluding steroid dienone is 3. The standard InChI is InChI=1S/C26H24N4O2S/c1-15-6-3-9-22(28-15)30-26(32)23-16(2)29-19-12-18(21-8-5-11-33-21)13-20(31)25(19)24(23)17-7-4-10-27-14-17/h3-11,14,18,24,29H,12-13H2,1-2H3,(H,28,30,32)/t18-,24-/m1/s1. The Morgan fingerprint density at radius 2 is 2.00 bits per heavy atom. The van der Waals surface area contributed by atoms with Crippen molar-refractivity contribution >= 4 is 28.8 Å². The second kappa shape index (κ2) is 8.75. The predicted molar refractivity (Wildman–Crippen MR) is 129 cm³/mol. The fraction of sp³-hybridized carbons (Fsp3) is 0.231. The van der Waals surface area contributed by atoms with Crippen LogP contribution in [0.3, 0.4) is 0 Å². The molecule has 2 aliphatic rings. The number of nitrogens with one attached hydrogen (secondary N) is 2. The molecule has 0 spiro atoms. The Hall–Kier alpha value is -3.58. The molecular formula is C26H24N4O2S. The van der Waals surface area contributed by atoms with Gasteiger partial charge in [-0.15, -0.1) is 11.3 Å². The molecule has 5 rings (SSSR count). The molecule has 1 amide bonds. The maximum atomic E-state index is 13.5. The molecule has 3 aromatic heterocycles. The van der Waals surface area contributed by atoms with Gasteiger partial charge in [-0.3, -0.25) is 14.6 Å². The smallest absolute Gasteiger partial charge is 0.255 e. The number of hydrogen-bond donors (Lipinski definition) is 2. The molecule has 1 aliphatic heterocycles. The summed E-state index contributed by atoms with van der Waals surface area (Å²) in [5.74, 6) is -0.0403. The van der Waals surface area contributed by atoms with Gasteiger partial charge in [-0.1, -0.05) is 18.2 Å². The van der Waals surface area contributed by atoms with E-state index in [4.69, 9.17) is 0 Å². The molecule has 33 heavy (non-hydrogen) atoms. The summed E-state index contributed by atoms with van der Waals surface area (Å²) in [6.07, 6.45) is 4.61. The van der Waals surface area contributed by atoms with Crippen molar-refractivity contribution < 1.29 is 9.59 Å². The number of hydrogen-bond acceptors (Lipinski definition) is 6. The third-order valence-electron chi connectivity index (χ3n) is 6.17. The summed E-state index contributed by atoms with van der Waals surface area (Å²) in [6.45, 7) is 3.77. The minimum Gasteiger partial charge on any atom is -0.362 e. The Morgan fingerprint density at radius 1 is 1.12 bits per heavy atom. The van der Waals surface area contributed by atoms with Crippen molar-refractivity contribution in [1.82, 2.24) is 15.3 Å². The van der Waals surface area contributed by atoms with Gasteiger partial charge < -0.3 is 10.6 Å². The number of thiophene rings is 1. The van der Waals surface area contributed by atoms with Gasteiger partial charge >= 0.3 is 0 Å². The van der Waals surface area contributed by atoms with Gasteiger partial charge in [0, 0.05) is 63.8 Å². The Kier molecular flexibility index (Phi) is 5.64. The van der Waals surface area contributed by atoms with Crippen LogP contribution < -0.4 is 10.6 Å². The fourth-order valence-corrected chi connectivity index (χ4v) is 5.57. The Morgan fingerprint density at radius 3 is 2.73 bits per heavy atom. The lowest BCUT2D eigenvalue weighted by atomic mass is 9.73. The van der Waals surface area contributed by atoms with Crippen LogP contribution in [0.1, 0.15) is 47.7 Å². The summed E-state index contributed by atoms with van der Waals surface area (Å²) in [5.41, 5.74) is 4.48.